The second-order valence-corrected chi connectivity index (χ2v) is 9.01. The number of amides is 2. The number of benzene rings is 1. The van der Waals surface area contributed by atoms with E-state index >= 15 is 0 Å². The molecule has 1 atom stereocenters. The molecule has 172 valence electrons. The van der Waals surface area contributed by atoms with Crippen LogP contribution in [0.25, 0.3) is 0 Å². The molecule has 2 heterocycles. The quantitative estimate of drug-likeness (QED) is 0.539. The van der Waals surface area contributed by atoms with Gasteiger partial charge in [-0.3, -0.25) is 9.59 Å². The summed E-state index contributed by atoms with van der Waals surface area (Å²) in [6.45, 7) is 1.36. The Kier molecular flexibility index (Phi) is 9.05. The molecule has 0 N–H and O–H groups in total. The molecule has 1 aliphatic rings. The maximum absolute atomic E-state index is 13.3. The van der Waals surface area contributed by atoms with E-state index in [2.05, 4.69) is 4.98 Å². The van der Waals surface area contributed by atoms with Crippen molar-refractivity contribution in [2.45, 2.75) is 30.3 Å². The van der Waals surface area contributed by atoms with Crippen LogP contribution in [0.5, 0.6) is 0 Å². The molecule has 1 fully saturated rings. The summed E-state index contributed by atoms with van der Waals surface area (Å²) in [5, 5.41) is 0.841. The molecule has 0 spiro atoms. The first kappa shape index (κ1) is 24.2. The predicted octanol–water partition coefficient (Wildman–Crippen LogP) is 3.27. The number of aromatic nitrogens is 1. The predicted molar refractivity (Wildman–Crippen MR) is 123 cm³/mol. The molecule has 1 aromatic heterocycles. The first-order valence-electron chi connectivity index (χ1n) is 10.8. The van der Waals surface area contributed by atoms with Gasteiger partial charge < -0.3 is 14.5 Å². The van der Waals surface area contributed by atoms with E-state index in [1.165, 1.54) is 31.0 Å². The lowest BCUT2D eigenvalue weighted by Gasteiger charge is -2.40. The minimum atomic E-state index is -0.274. The number of nitrogens with zero attached hydrogens (tertiary/aromatic N) is 3. The highest BCUT2D eigenvalue weighted by Crippen LogP contribution is 2.27. The van der Waals surface area contributed by atoms with E-state index < -0.39 is 0 Å². The Morgan fingerprint density at radius 1 is 1.22 bits per heavy atom. The largest absolute Gasteiger partial charge is 0.375 e. The van der Waals surface area contributed by atoms with Crippen LogP contribution in [0.2, 0.25) is 0 Å². The van der Waals surface area contributed by atoms with Gasteiger partial charge in [0.15, 0.2) is 0 Å². The zero-order valence-electron chi connectivity index (χ0n) is 18.6. The number of hydrogen-bond donors (Lipinski definition) is 0. The van der Waals surface area contributed by atoms with Crippen molar-refractivity contribution < 1.29 is 18.7 Å². The fourth-order valence-electron chi connectivity index (χ4n) is 4.09. The number of methoxy groups -OCH3 is 1. The van der Waals surface area contributed by atoms with Crippen LogP contribution in [-0.4, -0.2) is 72.2 Å². The highest BCUT2D eigenvalue weighted by molar-refractivity contribution is 7.99. The summed E-state index contributed by atoms with van der Waals surface area (Å²) in [6, 6.07) is 12.1. The van der Waals surface area contributed by atoms with Gasteiger partial charge in [-0.2, -0.15) is 0 Å². The van der Waals surface area contributed by atoms with Crippen LogP contribution < -0.4 is 0 Å². The van der Waals surface area contributed by atoms with Crippen LogP contribution in [-0.2, 0) is 20.7 Å². The van der Waals surface area contributed by atoms with Crippen molar-refractivity contribution in [1.82, 2.24) is 14.8 Å². The number of carbonyl (C=O) groups is 2. The van der Waals surface area contributed by atoms with E-state index in [4.69, 9.17) is 4.74 Å². The monoisotopic (exact) mass is 459 g/mol. The number of rotatable bonds is 9. The number of hydrogen-bond acceptors (Lipinski definition) is 5. The summed E-state index contributed by atoms with van der Waals surface area (Å²) in [6.07, 6.45) is 3.99. The van der Waals surface area contributed by atoms with Crippen molar-refractivity contribution >= 4 is 23.6 Å². The number of likely N-dealkylation sites (N-methyl/N-ethyl adjacent to an activating group) is 1. The fourth-order valence-corrected chi connectivity index (χ4v) is 4.85. The topological polar surface area (TPSA) is 62.7 Å². The molecule has 8 heteroatoms. The van der Waals surface area contributed by atoms with Crippen LogP contribution in [0.1, 0.15) is 18.4 Å². The number of piperidine rings is 1. The SMILES string of the molecule is COCC(=O)N(C)[C@@H](Cc1ccc(F)cc1)C1CCN(C(=O)CSc2ccccn2)CC1. The third-order valence-corrected chi connectivity index (χ3v) is 6.86. The Morgan fingerprint density at radius 3 is 2.56 bits per heavy atom. The van der Waals surface area contributed by atoms with Crippen LogP contribution in [0, 0.1) is 11.7 Å². The molecule has 0 unspecified atom stereocenters. The molecule has 2 aromatic rings. The number of carbonyl (C=O) groups excluding carboxylic acids is 2. The molecule has 1 aromatic carbocycles. The van der Waals surface area contributed by atoms with E-state index in [0.717, 1.165) is 23.4 Å². The molecule has 1 saturated heterocycles. The van der Waals surface area contributed by atoms with E-state index in [1.54, 1.807) is 30.3 Å². The molecule has 0 aliphatic carbocycles. The summed E-state index contributed by atoms with van der Waals surface area (Å²) in [5.41, 5.74) is 0.985. The van der Waals surface area contributed by atoms with Gasteiger partial charge in [-0.15, -0.1) is 0 Å². The first-order chi connectivity index (χ1) is 15.5. The molecular formula is C24H30FN3O3S. The molecule has 0 saturated carbocycles. The molecule has 32 heavy (non-hydrogen) atoms. The first-order valence-corrected chi connectivity index (χ1v) is 11.8. The van der Waals surface area contributed by atoms with Crippen LogP contribution >= 0.6 is 11.8 Å². The zero-order chi connectivity index (χ0) is 22.9. The van der Waals surface area contributed by atoms with Gasteiger partial charge in [0.25, 0.3) is 0 Å². The van der Waals surface area contributed by atoms with E-state index in [9.17, 15) is 14.0 Å². The van der Waals surface area contributed by atoms with E-state index in [-0.39, 0.29) is 36.2 Å². The lowest BCUT2D eigenvalue weighted by atomic mass is 9.85. The molecular weight excluding hydrogens is 429 g/mol. The van der Waals surface area contributed by atoms with Crippen molar-refractivity contribution in [2.75, 3.05) is 39.6 Å². The van der Waals surface area contributed by atoms with Gasteiger partial charge in [0.2, 0.25) is 11.8 Å². The van der Waals surface area contributed by atoms with Gasteiger partial charge >= 0.3 is 0 Å². The summed E-state index contributed by atoms with van der Waals surface area (Å²) in [4.78, 5) is 33.1. The highest BCUT2D eigenvalue weighted by Gasteiger charge is 2.32. The Morgan fingerprint density at radius 2 is 1.94 bits per heavy atom. The Balaban J connectivity index is 1.60. The van der Waals surface area contributed by atoms with E-state index in [0.29, 0.717) is 25.3 Å². The smallest absolute Gasteiger partial charge is 0.248 e. The Bertz CT molecular complexity index is 874. The van der Waals surface area contributed by atoms with Crippen molar-refractivity contribution in [3.63, 3.8) is 0 Å². The number of thioether (sulfide) groups is 1. The van der Waals surface area contributed by atoms with Gasteiger partial charge in [-0.1, -0.05) is 30.0 Å². The maximum atomic E-state index is 13.3. The van der Waals surface area contributed by atoms with Crippen molar-refractivity contribution in [3.8, 4) is 0 Å². The van der Waals surface area contributed by atoms with Crippen LogP contribution in [0.15, 0.2) is 53.7 Å². The maximum Gasteiger partial charge on any atom is 0.248 e. The lowest BCUT2D eigenvalue weighted by molar-refractivity contribution is -0.138. The summed E-state index contributed by atoms with van der Waals surface area (Å²) in [7, 11) is 3.31. The van der Waals surface area contributed by atoms with Gasteiger partial charge in [0.1, 0.15) is 12.4 Å². The average molecular weight is 460 g/mol. The minimum Gasteiger partial charge on any atom is -0.375 e. The molecule has 1 aliphatic heterocycles. The zero-order valence-corrected chi connectivity index (χ0v) is 19.4. The number of likely N-dealkylation sites (tertiary alicyclic amines) is 1. The summed E-state index contributed by atoms with van der Waals surface area (Å²) < 4.78 is 18.4. The standard InChI is InChI=1S/C24H30FN3O3S/c1-27(23(29)16-31-2)21(15-18-6-8-20(25)9-7-18)19-10-13-28(14-11-19)24(30)17-32-22-5-3-4-12-26-22/h3-9,12,19,21H,10-11,13-17H2,1-2H3/t21-/m0/s1. The fraction of sp³-hybridized carbons (Fsp3) is 0.458. The molecule has 6 nitrogen and oxygen atoms in total. The Hall–Kier alpha value is -2.45. The Labute approximate surface area is 193 Å². The summed E-state index contributed by atoms with van der Waals surface area (Å²) >= 11 is 1.45. The third-order valence-electron chi connectivity index (χ3n) is 5.93. The van der Waals surface area contributed by atoms with Gasteiger partial charge in [-0.25, -0.2) is 9.37 Å². The molecule has 3 rings (SSSR count). The molecule has 0 radical (unpaired) electrons. The highest BCUT2D eigenvalue weighted by atomic mass is 32.2. The minimum absolute atomic E-state index is 0.0263. The van der Waals surface area contributed by atoms with Crippen molar-refractivity contribution in [1.29, 1.82) is 0 Å². The lowest BCUT2D eigenvalue weighted by Crippen LogP contribution is -2.49. The second-order valence-electron chi connectivity index (χ2n) is 8.01. The van der Waals surface area contributed by atoms with Gasteiger partial charge in [-0.05, 0) is 55.0 Å². The van der Waals surface area contributed by atoms with Crippen molar-refractivity contribution in [2.24, 2.45) is 5.92 Å². The van der Waals surface area contributed by atoms with Crippen molar-refractivity contribution in [3.05, 3.63) is 60.0 Å². The normalized spacial score (nSPS) is 15.4. The second kappa shape index (κ2) is 12.0. The van der Waals surface area contributed by atoms with Crippen LogP contribution in [0.3, 0.4) is 0 Å². The molecule has 2 amide bonds. The number of pyridine rings is 1. The number of ether oxygens (including phenoxy) is 1. The van der Waals surface area contributed by atoms with Gasteiger partial charge in [0, 0.05) is 39.5 Å². The average Bonchev–Trinajstić information content (AvgIpc) is 2.82. The van der Waals surface area contributed by atoms with Crippen LogP contribution in [0.4, 0.5) is 4.39 Å². The molecule has 0 bridgehead atoms. The van der Waals surface area contributed by atoms with Gasteiger partial charge in [0.05, 0.1) is 10.8 Å². The number of halogens is 1. The van der Waals surface area contributed by atoms with E-state index in [1.807, 2.05) is 23.1 Å². The third kappa shape index (κ3) is 6.77. The summed E-state index contributed by atoms with van der Waals surface area (Å²) in [5.74, 6) is 0.373.